The fraction of sp³-hybridized carbons (Fsp3) is 0.382. The van der Waals surface area contributed by atoms with Crippen molar-refractivity contribution in [3.8, 4) is 17.2 Å². The number of aromatic nitrogens is 1. The van der Waals surface area contributed by atoms with Gasteiger partial charge in [-0.05, 0) is 55.0 Å². The summed E-state index contributed by atoms with van der Waals surface area (Å²) in [6.07, 6.45) is 14.7. The van der Waals surface area contributed by atoms with Crippen molar-refractivity contribution in [1.29, 1.82) is 0 Å². The molecule has 0 amide bonds. The highest BCUT2D eigenvalue weighted by Gasteiger charge is 2.25. The Labute approximate surface area is 244 Å². The zero-order chi connectivity index (χ0) is 28.8. The van der Waals surface area contributed by atoms with E-state index in [0.717, 1.165) is 23.9 Å². The second-order valence-corrected chi connectivity index (χ2v) is 11.8. The molecule has 0 aliphatic rings. The highest BCUT2D eigenvalue weighted by atomic mass is 31.2. The summed E-state index contributed by atoms with van der Waals surface area (Å²) >= 11 is 0. The molecule has 1 atom stereocenters. The van der Waals surface area contributed by atoms with E-state index in [0.29, 0.717) is 18.9 Å². The van der Waals surface area contributed by atoms with Crippen LogP contribution in [0.25, 0.3) is 10.9 Å². The van der Waals surface area contributed by atoms with Crippen LogP contribution in [0.2, 0.25) is 0 Å². The molecule has 0 spiro atoms. The molecule has 41 heavy (non-hydrogen) atoms. The predicted octanol–water partition coefficient (Wildman–Crippen LogP) is 9.03. The van der Waals surface area contributed by atoms with Crippen LogP contribution in [-0.4, -0.2) is 11.5 Å². The van der Waals surface area contributed by atoms with Crippen LogP contribution in [0.4, 0.5) is 0 Å². The molecule has 0 fully saturated rings. The smallest absolute Gasteiger partial charge is 0.493 e. The van der Waals surface area contributed by atoms with Gasteiger partial charge in [0.1, 0.15) is 17.2 Å². The lowest BCUT2D eigenvalue weighted by atomic mass is 10.1. The Kier molecular flexibility index (Phi) is 12.1. The van der Waals surface area contributed by atoms with Gasteiger partial charge in [-0.3, -0.25) is 4.89 Å². The van der Waals surface area contributed by atoms with E-state index < -0.39 is 7.82 Å². The zero-order valence-electron chi connectivity index (χ0n) is 24.1. The summed E-state index contributed by atoms with van der Waals surface area (Å²) in [5.41, 5.74) is 2.18. The molecule has 0 aliphatic carbocycles. The van der Waals surface area contributed by atoms with Crippen LogP contribution in [0, 0.1) is 0 Å². The molecule has 218 valence electrons. The number of hydrogen-bond donors (Lipinski definition) is 1. The van der Waals surface area contributed by atoms with Crippen LogP contribution in [0.1, 0.15) is 76.7 Å². The molecule has 0 radical (unpaired) electrons. The van der Waals surface area contributed by atoms with Crippen molar-refractivity contribution in [3.63, 3.8) is 0 Å². The first kappa shape index (κ1) is 30.6. The second-order valence-electron chi connectivity index (χ2n) is 10.5. The van der Waals surface area contributed by atoms with E-state index >= 15 is 0 Å². The van der Waals surface area contributed by atoms with E-state index in [1.807, 2.05) is 42.6 Å². The van der Waals surface area contributed by atoms with Crippen molar-refractivity contribution in [2.24, 2.45) is 0 Å². The average Bonchev–Trinajstić information content (AvgIpc) is 2.97. The van der Waals surface area contributed by atoms with Gasteiger partial charge in [0.2, 0.25) is 5.52 Å². The standard InChI is InChI=1S/C34H42NO5P/c1-2-3-4-5-6-7-8-9-10-13-26-38-32-18-14-19-33(27-32)40-41(36,37)39-31-23-21-29(22-24-31)28-35-25-15-17-30-16-11-12-20-34(30)35/h11-12,14-25,27H,2-10,13,26,28H2,1H3/p+1. The summed E-state index contributed by atoms with van der Waals surface area (Å²) < 4.78 is 31.4. The van der Waals surface area contributed by atoms with Crippen LogP contribution >= 0.6 is 7.82 Å². The van der Waals surface area contributed by atoms with Crippen LogP contribution in [0.15, 0.2) is 91.1 Å². The topological polar surface area (TPSA) is 68.9 Å². The summed E-state index contributed by atoms with van der Waals surface area (Å²) in [6, 6.07) is 26.2. The summed E-state index contributed by atoms with van der Waals surface area (Å²) in [6.45, 7) is 3.52. The molecule has 1 aromatic heterocycles. The summed E-state index contributed by atoms with van der Waals surface area (Å²) in [4.78, 5) is 10.4. The van der Waals surface area contributed by atoms with Gasteiger partial charge in [0.15, 0.2) is 12.7 Å². The number of ether oxygens (including phenoxy) is 1. The average molecular weight is 577 g/mol. The van der Waals surface area contributed by atoms with Crippen molar-refractivity contribution in [3.05, 3.63) is 96.7 Å². The van der Waals surface area contributed by atoms with Gasteiger partial charge in [-0.1, -0.05) is 82.9 Å². The van der Waals surface area contributed by atoms with Crippen LogP contribution in [-0.2, 0) is 11.1 Å². The fourth-order valence-electron chi connectivity index (χ4n) is 4.90. The number of hydrogen-bond acceptors (Lipinski definition) is 4. The third-order valence-electron chi connectivity index (χ3n) is 7.08. The monoisotopic (exact) mass is 576 g/mol. The first-order valence-corrected chi connectivity index (χ1v) is 16.4. The molecule has 4 aromatic rings. The molecule has 0 aliphatic heterocycles. The Morgan fingerprint density at radius 2 is 1.32 bits per heavy atom. The lowest BCUT2D eigenvalue weighted by Crippen LogP contribution is -2.34. The van der Waals surface area contributed by atoms with Crippen molar-refractivity contribution < 1.29 is 27.8 Å². The Morgan fingerprint density at radius 3 is 2.07 bits per heavy atom. The molecule has 6 nitrogen and oxygen atoms in total. The number of unbranched alkanes of at least 4 members (excludes halogenated alkanes) is 9. The van der Waals surface area contributed by atoms with E-state index in [2.05, 4.69) is 29.7 Å². The SMILES string of the molecule is CCCCCCCCCCCCOc1cccc(OP(=O)(O)Oc2ccc(C[n+]3cccc4ccccc43)cc2)c1. The molecule has 1 N–H and O–H groups in total. The van der Waals surface area contributed by atoms with Gasteiger partial charge in [-0.2, -0.15) is 4.57 Å². The van der Waals surface area contributed by atoms with E-state index in [-0.39, 0.29) is 11.5 Å². The van der Waals surface area contributed by atoms with Gasteiger partial charge in [-0.15, -0.1) is 0 Å². The summed E-state index contributed by atoms with van der Waals surface area (Å²) in [5, 5.41) is 1.17. The molecule has 1 unspecified atom stereocenters. The maximum Gasteiger partial charge on any atom is 0.584 e. The molecule has 0 saturated heterocycles. The number of para-hydroxylation sites is 1. The number of fused-ring (bicyclic) bond motifs is 1. The molecule has 0 saturated carbocycles. The lowest BCUT2D eigenvalue weighted by molar-refractivity contribution is -0.662. The molecule has 3 aromatic carbocycles. The highest BCUT2D eigenvalue weighted by molar-refractivity contribution is 7.48. The maximum atomic E-state index is 12.7. The predicted molar refractivity (Wildman–Crippen MR) is 165 cm³/mol. The van der Waals surface area contributed by atoms with Gasteiger partial charge in [0.05, 0.1) is 6.61 Å². The van der Waals surface area contributed by atoms with E-state index in [1.54, 1.807) is 30.3 Å². The summed E-state index contributed by atoms with van der Waals surface area (Å²) in [5.74, 6) is 1.09. The fourth-order valence-corrected chi connectivity index (χ4v) is 5.70. The lowest BCUT2D eigenvalue weighted by Gasteiger charge is -2.15. The second kappa shape index (κ2) is 16.2. The number of nitrogens with zero attached hydrogens (tertiary/aromatic N) is 1. The first-order valence-electron chi connectivity index (χ1n) is 14.9. The van der Waals surface area contributed by atoms with Crippen molar-refractivity contribution >= 4 is 18.7 Å². The van der Waals surface area contributed by atoms with Crippen LogP contribution in [0.5, 0.6) is 17.2 Å². The summed E-state index contributed by atoms with van der Waals surface area (Å²) in [7, 11) is -4.39. The van der Waals surface area contributed by atoms with Gasteiger partial charge < -0.3 is 13.8 Å². The van der Waals surface area contributed by atoms with Crippen molar-refractivity contribution in [2.45, 2.75) is 77.7 Å². The quantitative estimate of drug-likeness (QED) is 0.0727. The van der Waals surface area contributed by atoms with Crippen molar-refractivity contribution in [1.82, 2.24) is 0 Å². The van der Waals surface area contributed by atoms with E-state index in [9.17, 15) is 9.46 Å². The third-order valence-corrected chi connectivity index (χ3v) is 7.96. The minimum absolute atomic E-state index is 0.223. The minimum atomic E-state index is -4.39. The largest absolute Gasteiger partial charge is 0.584 e. The molecular formula is C34H43NO5P+. The Morgan fingerprint density at radius 1 is 0.683 bits per heavy atom. The molecule has 1 heterocycles. The Balaban J connectivity index is 1.19. The van der Waals surface area contributed by atoms with E-state index in [4.69, 9.17) is 13.8 Å². The molecular weight excluding hydrogens is 533 g/mol. The molecule has 0 bridgehead atoms. The van der Waals surface area contributed by atoms with Crippen LogP contribution in [0.3, 0.4) is 0 Å². The Hall–Kier alpha value is -3.34. The normalized spacial score (nSPS) is 12.6. The Bertz CT molecular complexity index is 1390. The minimum Gasteiger partial charge on any atom is -0.493 e. The number of pyridine rings is 1. The maximum absolute atomic E-state index is 12.7. The highest BCUT2D eigenvalue weighted by Crippen LogP contribution is 2.44. The molecule has 4 rings (SSSR count). The van der Waals surface area contributed by atoms with E-state index in [1.165, 1.54) is 56.8 Å². The van der Waals surface area contributed by atoms with Gasteiger partial charge in [0.25, 0.3) is 0 Å². The van der Waals surface area contributed by atoms with Gasteiger partial charge in [0, 0.05) is 29.1 Å². The number of phosphoric acid groups is 1. The van der Waals surface area contributed by atoms with Crippen molar-refractivity contribution in [2.75, 3.05) is 6.61 Å². The first-order chi connectivity index (χ1) is 20.0. The number of benzene rings is 3. The molecule has 7 heteroatoms. The zero-order valence-corrected chi connectivity index (χ0v) is 25.0. The third kappa shape index (κ3) is 10.5. The number of phosphoric ester groups is 1. The van der Waals surface area contributed by atoms with Crippen LogP contribution < -0.4 is 18.4 Å². The van der Waals surface area contributed by atoms with Gasteiger partial charge in [-0.25, -0.2) is 4.57 Å². The van der Waals surface area contributed by atoms with Gasteiger partial charge >= 0.3 is 7.82 Å². The number of rotatable bonds is 18.